The molecule has 1 heterocycles. The molecule has 0 fully saturated rings. The van der Waals surface area contributed by atoms with Gasteiger partial charge in [-0.15, -0.1) is 0 Å². The van der Waals surface area contributed by atoms with Gasteiger partial charge in [0.1, 0.15) is 12.4 Å². The summed E-state index contributed by atoms with van der Waals surface area (Å²) < 4.78 is 5.61. The Labute approximate surface area is 116 Å². The van der Waals surface area contributed by atoms with E-state index in [4.69, 9.17) is 16.2 Å². The molecule has 1 aliphatic rings. The van der Waals surface area contributed by atoms with Gasteiger partial charge < -0.3 is 21.5 Å². The Hall–Kier alpha value is -2.69. The second kappa shape index (κ2) is 4.77. The van der Waals surface area contributed by atoms with E-state index in [1.807, 2.05) is 30.3 Å². The lowest BCUT2D eigenvalue weighted by Gasteiger charge is -2.14. The molecular formula is C15H15N3O2. The summed E-state index contributed by atoms with van der Waals surface area (Å²) in [5.74, 6) is 0.352. The number of carbonyl (C=O) groups excluding carboxylic acids is 1. The van der Waals surface area contributed by atoms with E-state index >= 15 is 0 Å². The number of amides is 1. The van der Waals surface area contributed by atoms with Crippen LogP contribution in [0.25, 0.3) is 0 Å². The number of hydrogen-bond donors (Lipinski definition) is 3. The van der Waals surface area contributed by atoms with Crippen molar-refractivity contribution in [2.24, 2.45) is 5.73 Å². The van der Waals surface area contributed by atoms with Crippen molar-refractivity contribution in [2.75, 3.05) is 17.7 Å². The molecule has 20 heavy (non-hydrogen) atoms. The number of nitrogens with one attached hydrogen (secondary N) is 1. The molecule has 0 spiro atoms. The zero-order chi connectivity index (χ0) is 14.1. The monoisotopic (exact) mass is 269 g/mol. The first kappa shape index (κ1) is 12.3. The lowest BCUT2D eigenvalue weighted by Crippen LogP contribution is -2.16. The summed E-state index contributed by atoms with van der Waals surface area (Å²) in [6.45, 7) is 0.551. The first-order valence-corrected chi connectivity index (χ1v) is 6.33. The van der Waals surface area contributed by atoms with E-state index in [0.29, 0.717) is 17.9 Å². The number of primary amides is 1. The smallest absolute Gasteiger partial charge is 0.250 e. The van der Waals surface area contributed by atoms with Gasteiger partial charge in [0, 0.05) is 16.9 Å². The third-order valence-corrected chi connectivity index (χ3v) is 3.36. The summed E-state index contributed by atoms with van der Waals surface area (Å²) in [5.41, 5.74) is 13.6. The fourth-order valence-corrected chi connectivity index (χ4v) is 2.34. The van der Waals surface area contributed by atoms with Crippen molar-refractivity contribution in [3.63, 3.8) is 0 Å². The average molecular weight is 269 g/mol. The lowest BCUT2D eigenvalue weighted by molar-refractivity contribution is 0.100. The maximum atomic E-state index is 11.3. The van der Waals surface area contributed by atoms with Crippen LogP contribution in [-0.4, -0.2) is 12.5 Å². The van der Waals surface area contributed by atoms with Crippen LogP contribution >= 0.6 is 0 Å². The van der Waals surface area contributed by atoms with Gasteiger partial charge >= 0.3 is 0 Å². The summed E-state index contributed by atoms with van der Waals surface area (Å²) >= 11 is 0. The summed E-state index contributed by atoms with van der Waals surface area (Å²) in [5, 5.41) is 3.33. The van der Waals surface area contributed by atoms with Crippen molar-refractivity contribution >= 4 is 17.3 Å². The van der Waals surface area contributed by atoms with Crippen molar-refractivity contribution in [1.82, 2.24) is 0 Å². The summed E-state index contributed by atoms with van der Waals surface area (Å²) in [4.78, 5) is 11.3. The van der Waals surface area contributed by atoms with E-state index in [9.17, 15) is 4.79 Å². The van der Waals surface area contributed by atoms with Crippen LogP contribution in [0.1, 0.15) is 22.0 Å². The Morgan fingerprint density at radius 1 is 1.25 bits per heavy atom. The Morgan fingerprint density at radius 2 is 2.05 bits per heavy atom. The Bertz CT molecular complexity index is 670. The van der Waals surface area contributed by atoms with Gasteiger partial charge in [-0.3, -0.25) is 4.79 Å². The van der Waals surface area contributed by atoms with Gasteiger partial charge in [-0.1, -0.05) is 18.2 Å². The highest BCUT2D eigenvalue weighted by Gasteiger charge is 2.23. The van der Waals surface area contributed by atoms with Gasteiger partial charge in [0.25, 0.3) is 5.91 Å². The van der Waals surface area contributed by atoms with Crippen LogP contribution in [0.15, 0.2) is 42.5 Å². The van der Waals surface area contributed by atoms with Gasteiger partial charge in [0.2, 0.25) is 0 Å². The number of para-hydroxylation sites is 1. The molecular weight excluding hydrogens is 254 g/mol. The van der Waals surface area contributed by atoms with Crippen molar-refractivity contribution < 1.29 is 9.53 Å². The van der Waals surface area contributed by atoms with Crippen molar-refractivity contribution in [1.29, 1.82) is 0 Å². The number of anilines is 2. The summed E-state index contributed by atoms with van der Waals surface area (Å²) in [6, 6.07) is 13.1. The standard InChI is InChI=1S/C15H15N3O2/c16-12-6-5-9(7-11(12)15(17)19)18-13-8-20-14-4-2-1-3-10(13)14/h1-7,13,18H,8,16H2,(H2,17,19). The second-order valence-corrected chi connectivity index (χ2v) is 4.71. The quantitative estimate of drug-likeness (QED) is 0.742. The predicted octanol–water partition coefficient (Wildman–Crippen LogP) is 1.91. The molecule has 2 aromatic carbocycles. The number of nitrogens with two attached hydrogens (primary N) is 2. The molecule has 5 N–H and O–H groups in total. The van der Waals surface area contributed by atoms with E-state index in [1.54, 1.807) is 12.1 Å². The minimum absolute atomic E-state index is 0.0514. The van der Waals surface area contributed by atoms with Crippen LogP contribution in [0.5, 0.6) is 5.75 Å². The molecule has 0 aliphatic carbocycles. The van der Waals surface area contributed by atoms with Gasteiger partial charge in [-0.05, 0) is 24.3 Å². The average Bonchev–Trinajstić information content (AvgIpc) is 2.84. The van der Waals surface area contributed by atoms with E-state index in [2.05, 4.69) is 5.32 Å². The Morgan fingerprint density at radius 3 is 2.85 bits per heavy atom. The maximum absolute atomic E-state index is 11.3. The van der Waals surface area contributed by atoms with Crippen molar-refractivity contribution in [2.45, 2.75) is 6.04 Å². The molecule has 102 valence electrons. The minimum Gasteiger partial charge on any atom is -0.491 e. The first-order valence-electron chi connectivity index (χ1n) is 6.33. The highest BCUT2D eigenvalue weighted by atomic mass is 16.5. The van der Waals surface area contributed by atoms with Crippen LogP contribution in [-0.2, 0) is 0 Å². The molecule has 5 heteroatoms. The fraction of sp³-hybridized carbons (Fsp3) is 0.133. The van der Waals surface area contributed by atoms with Gasteiger partial charge in [0.05, 0.1) is 11.6 Å². The van der Waals surface area contributed by atoms with Crippen LogP contribution in [0.4, 0.5) is 11.4 Å². The minimum atomic E-state index is -0.533. The molecule has 0 bridgehead atoms. The molecule has 1 unspecified atom stereocenters. The Balaban J connectivity index is 1.86. The van der Waals surface area contributed by atoms with Gasteiger partial charge in [-0.25, -0.2) is 0 Å². The van der Waals surface area contributed by atoms with Crippen LogP contribution in [0, 0.1) is 0 Å². The molecule has 3 rings (SSSR count). The fourth-order valence-electron chi connectivity index (χ4n) is 2.34. The van der Waals surface area contributed by atoms with Crippen LogP contribution in [0.3, 0.4) is 0 Å². The summed E-state index contributed by atoms with van der Waals surface area (Å²) in [6.07, 6.45) is 0. The van der Waals surface area contributed by atoms with E-state index in [-0.39, 0.29) is 6.04 Å². The van der Waals surface area contributed by atoms with E-state index in [1.165, 1.54) is 0 Å². The molecule has 5 nitrogen and oxygen atoms in total. The van der Waals surface area contributed by atoms with E-state index in [0.717, 1.165) is 17.0 Å². The van der Waals surface area contributed by atoms with E-state index < -0.39 is 5.91 Å². The Kier molecular flexibility index (Phi) is 2.95. The topological polar surface area (TPSA) is 90.4 Å². The number of rotatable bonds is 3. The zero-order valence-corrected chi connectivity index (χ0v) is 10.8. The molecule has 1 aliphatic heterocycles. The number of ether oxygens (including phenoxy) is 1. The van der Waals surface area contributed by atoms with Crippen molar-refractivity contribution in [3.05, 3.63) is 53.6 Å². The van der Waals surface area contributed by atoms with Crippen LogP contribution < -0.4 is 21.5 Å². The van der Waals surface area contributed by atoms with Gasteiger partial charge in [0.15, 0.2) is 0 Å². The first-order chi connectivity index (χ1) is 9.65. The molecule has 0 saturated carbocycles. The summed E-state index contributed by atoms with van der Waals surface area (Å²) in [7, 11) is 0. The predicted molar refractivity (Wildman–Crippen MR) is 77.7 cm³/mol. The molecule has 1 amide bonds. The molecule has 0 aromatic heterocycles. The normalized spacial score (nSPS) is 16.3. The molecule has 0 saturated heterocycles. The largest absolute Gasteiger partial charge is 0.491 e. The highest BCUT2D eigenvalue weighted by Crippen LogP contribution is 2.34. The third kappa shape index (κ3) is 2.14. The maximum Gasteiger partial charge on any atom is 0.250 e. The number of hydrogen-bond acceptors (Lipinski definition) is 4. The second-order valence-electron chi connectivity index (χ2n) is 4.71. The molecule has 2 aromatic rings. The SMILES string of the molecule is NC(=O)c1cc(NC2COc3ccccc32)ccc1N. The number of carbonyl (C=O) groups is 1. The number of nitrogen functional groups attached to an aromatic ring is 1. The third-order valence-electron chi connectivity index (χ3n) is 3.36. The zero-order valence-electron chi connectivity index (χ0n) is 10.8. The van der Waals surface area contributed by atoms with Crippen LogP contribution in [0.2, 0.25) is 0 Å². The molecule has 0 radical (unpaired) electrons. The lowest BCUT2D eigenvalue weighted by atomic mass is 10.1. The van der Waals surface area contributed by atoms with Crippen molar-refractivity contribution in [3.8, 4) is 5.75 Å². The number of fused-ring (bicyclic) bond motifs is 1. The number of benzene rings is 2. The van der Waals surface area contributed by atoms with Gasteiger partial charge in [-0.2, -0.15) is 0 Å². The molecule has 1 atom stereocenters. The highest BCUT2D eigenvalue weighted by molar-refractivity contribution is 5.98.